The summed E-state index contributed by atoms with van der Waals surface area (Å²) in [7, 11) is 0. The van der Waals surface area contributed by atoms with Crippen LogP contribution in [-0.2, 0) is 0 Å². The van der Waals surface area contributed by atoms with E-state index < -0.39 is 0 Å². The van der Waals surface area contributed by atoms with Gasteiger partial charge in [-0.2, -0.15) is 5.10 Å². The van der Waals surface area contributed by atoms with Crippen LogP contribution in [0.1, 0.15) is 12.1 Å². The van der Waals surface area contributed by atoms with Crippen LogP contribution in [0.25, 0.3) is 0 Å². The highest BCUT2D eigenvalue weighted by Crippen LogP contribution is 2.23. The Morgan fingerprint density at radius 3 is 2.85 bits per heavy atom. The Labute approximate surface area is 163 Å². The summed E-state index contributed by atoms with van der Waals surface area (Å²) in [6, 6.07) is 11.1. The molecule has 7 nitrogen and oxygen atoms in total. The lowest BCUT2D eigenvalue weighted by Gasteiger charge is -2.37. The van der Waals surface area contributed by atoms with Crippen LogP contribution in [0.5, 0.6) is 11.5 Å². The molecule has 2 N–H and O–H groups in total. The van der Waals surface area contributed by atoms with Gasteiger partial charge in [-0.25, -0.2) is 0 Å². The lowest BCUT2D eigenvalue weighted by atomic mass is 10.1. The first-order valence-electron chi connectivity index (χ1n) is 8.94. The fourth-order valence-corrected chi connectivity index (χ4v) is 3.48. The molecule has 3 heterocycles. The Bertz CT molecular complexity index is 865. The zero-order valence-electron chi connectivity index (χ0n) is 14.8. The highest BCUT2D eigenvalue weighted by Gasteiger charge is 2.21. The van der Waals surface area contributed by atoms with Gasteiger partial charge < -0.3 is 19.6 Å². The molecule has 0 saturated carbocycles. The van der Waals surface area contributed by atoms with Crippen LogP contribution >= 0.6 is 12.2 Å². The molecule has 2 aromatic rings. The highest BCUT2D eigenvalue weighted by atomic mass is 32.1. The number of fused-ring (bicyclic) bond motifs is 1. The van der Waals surface area contributed by atoms with Crippen LogP contribution in [0.3, 0.4) is 0 Å². The Balaban J connectivity index is 1.35. The van der Waals surface area contributed by atoms with Crippen LogP contribution < -0.4 is 15.1 Å². The average molecular weight is 383 g/mol. The SMILES string of the molecule is Oc1cccc(N2CCN(C(=S)N/N=C3/CCOc4cccnc43)CC2)c1. The zero-order chi connectivity index (χ0) is 18.6. The predicted octanol–water partition coefficient (Wildman–Crippen LogP) is 1.97. The van der Waals surface area contributed by atoms with Gasteiger partial charge in [0, 0.05) is 50.6 Å². The maximum atomic E-state index is 9.65. The number of aromatic nitrogens is 1. The van der Waals surface area contributed by atoms with Crippen molar-refractivity contribution in [2.75, 3.05) is 37.7 Å². The van der Waals surface area contributed by atoms with E-state index >= 15 is 0 Å². The molecule has 2 aliphatic heterocycles. The number of anilines is 1. The standard InChI is InChI=1S/C19H21N5O2S/c25-15-4-1-3-14(13-15)23-8-10-24(11-9-23)19(27)22-21-16-6-12-26-17-5-2-7-20-18(16)17/h1-5,7,13,25H,6,8-12H2,(H,22,27)/b21-16-. The van der Waals surface area contributed by atoms with Crippen LogP contribution in [0.4, 0.5) is 5.69 Å². The maximum absolute atomic E-state index is 9.65. The van der Waals surface area contributed by atoms with E-state index in [2.05, 4.69) is 25.3 Å². The van der Waals surface area contributed by atoms with Gasteiger partial charge in [-0.05, 0) is 36.5 Å². The minimum Gasteiger partial charge on any atom is -0.508 e. The molecule has 1 saturated heterocycles. The number of phenolic OH excluding ortho intramolecular Hbond substituents is 1. The number of phenols is 1. The molecule has 0 radical (unpaired) electrons. The fraction of sp³-hybridized carbons (Fsp3) is 0.316. The highest BCUT2D eigenvalue weighted by molar-refractivity contribution is 7.80. The summed E-state index contributed by atoms with van der Waals surface area (Å²) < 4.78 is 5.60. The Kier molecular flexibility index (Phi) is 5.06. The second-order valence-corrected chi connectivity index (χ2v) is 6.80. The van der Waals surface area contributed by atoms with Crippen molar-refractivity contribution in [3.63, 3.8) is 0 Å². The molecule has 8 heteroatoms. The molecule has 0 bridgehead atoms. The van der Waals surface area contributed by atoms with E-state index in [1.54, 1.807) is 18.3 Å². The number of ether oxygens (including phenoxy) is 1. The van der Waals surface area contributed by atoms with E-state index in [0.29, 0.717) is 18.1 Å². The van der Waals surface area contributed by atoms with Gasteiger partial charge in [0.05, 0.1) is 12.3 Å². The number of benzene rings is 1. The first kappa shape index (κ1) is 17.5. The van der Waals surface area contributed by atoms with E-state index in [4.69, 9.17) is 17.0 Å². The third kappa shape index (κ3) is 3.95. The summed E-state index contributed by atoms with van der Waals surface area (Å²) in [6.07, 6.45) is 2.44. The molecule has 0 unspecified atom stereocenters. The monoisotopic (exact) mass is 383 g/mol. The van der Waals surface area contributed by atoms with E-state index in [1.165, 1.54) is 0 Å². The fourth-order valence-electron chi connectivity index (χ4n) is 3.25. The van der Waals surface area contributed by atoms with Crippen molar-refractivity contribution < 1.29 is 9.84 Å². The van der Waals surface area contributed by atoms with Crippen LogP contribution in [0.15, 0.2) is 47.7 Å². The smallest absolute Gasteiger partial charge is 0.189 e. The van der Waals surface area contributed by atoms with Gasteiger partial charge in [0.1, 0.15) is 17.2 Å². The van der Waals surface area contributed by atoms with Crippen molar-refractivity contribution >= 4 is 28.7 Å². The van der Waals surface area contributed by atoms with Gasteiger partial charge in [0.2, 0.25) is 0 Å². The number of hydrogen-bond donors (Lipinski definition) is 2. The zero-order valence-corrected chi connectivity index (χ0v) is 15.7. The number of aromatic hydroxyl groups is 1. The quantitative estimate of drug-likeness (QED) is 0.607. The molecule has 27 heavy (non-hydrogen) atoms. The molecule has 0 amide bonds. The van der Waals surface area contributed by atoms with Gasteiger partial charge in [-0.1, -0.05) is 6.07 Å². The third-order valence-corrected chi connectivity index (χ3v) is 5.04. The number of hydrazone groups is 1. The Morgan fingerprint density at radius 1 is 1.19 bits per heavy atom. The lowest BCUT2D eigenvalue weighted by Crippen LogP contribution is -2.51. The second kappa shape index (κ2) is 7.79. The van der Waals surface area contributed by atoms with Gasteiger partial charge in [0.25, 0.3) is 0 Å². The number of thiocarbonyl (C=S) groups is 1. The van der Waals surface area contributed by atoms with Crippen molar-refractivity contribution in [1.29, 1.82) is 0 Å². The molecule has 4 rings (SSSR count). The summed E-state index contributed by atoms with van der Waals surface area (Å²) in [4.78, 5) is 8.71. The second-order valence-electron chi connectivity index (χ2n) is 6.42. The van der Waals surface area contributed by atoms with Crippen LogP contribution in [-0.4, -0.2) is 58.6 Å². The molecule has 2 aliphatic rings. The van der Waals surface area contributed by atoms with E-state index in [-0.39, 0.29) is 5.75 Å². The molecular weight excluding hydrogens is 362 g/mol. The van der Waals surface area contributed by atoms with Gasteiger partial charge >= 0.3 is 0 Å². The lowest BCUT2D eigenvalue weighted by molar-refractivity contribution is 0.318. The summed E-state index contributed by atoms with van der Waals surface area (Å²) in [5.41, 5.74) is 5.67. The number of pyridine rings is 1. The number of rotatable bonds is 2. The Hall–Kier alpha value is -2.87. The van der Waals surface area contributed by atoms with Crippen molar-refractivity contribution in [1.82, 2.24) is 15.3 Å². The van der Waals surface area contributed by atoms with Gasteiger partial charge in [-0.3, -0.25) is 10.4 Å². The normalized spacial score (nSPS) is 18.0. The average Bonchev–Trinajstić information content (AvgIpc) is 2.72. The van der Waals surface area contributed by atoms with Crippen molar-refractivity contribution in [2.45, 2.75) is 6.42 Å². The molecule has 0 atom stereocenters. The number of nitrogens with one attached hydrogen (secondary N) is 1. The summed E-state index contributed by atoms with van der Waals surface area (Å²) in [5.74, 6) is 1.04. The first-order valence-corrected chi connectivity index (χ1v) is 9.35. The van der Waals surface area contributed by atoms with Crippen molar-refractivity contribution in [2.24, 2.45) is 5.10 Å². The minimum atomic E-state index is 0.285. The minimum absolute atomic E-state index is 0.285. The molecule has 140 valence electrons. The van der Waals surface area contributed by atoms with Gasteiger partial charge in [0.15, 0.2) is 5.11 Å². The maximum Gasteiger partial charge on any atom is 0.189 e. The van der Waals surface area contributed by atoms with E-state index in [9.17, 15) is 5.11 Å². The molecule has 0 spiro atoms. The molecule has 0 aliphatic carbocycles. The van der Waals surface area contributed by atoms with Crippen molar-refractivity contribution in [3.05, 3.63) is 48.3 Å². The largest absolute Gasteiger partial charge is 0.508 e. The number of piperazine rings is 1. The van der Waals surface area contributed by atoms with E-state index in [0.717, 1.165) is 49.0 Å². The number of hydrogen-bond acceptors (Lipinski definition) is 6. The molecule has 1 aromatic heterocycles. The molecule has 1 aromatic carbocycles. The predicted molar refractivity (Wildman–Crippen MR) is 109 cm³/mol. The van der Waals surface area contributed by atoms with Crippen LogP contribution in [0, 0.1) is 0 Å². The third-order valence-electron chi connectivity index (χ3n) is 4.69. The summed E-state index contributed by atoms with van der Waals surface area (Å²) in [6.45, 7) is 3.85. The molecular formula is C19H21N5O2S. The Morgan fingerprint density at radius 2 is 2.04 bits per heavy atom. The topological polar surface area (TPSA) is 73.2 Å². The summed E-state index contributed by atoms with van der Waals surface area (Å²) in [5, 5.41) is 14.7. The van der Waals surface area contributed by atoms with Gasteiger partial charge in [-0.15, -0.1) is 0 Å². The summed E-state index contributed by atoms with van der Waals surface area (Å²) >= 11 is 5.51. The molecule has 1 fully saturated rings. The number of nitrogens with zero attached hydrogens (tertiary/aromatic N) is 4. The first-order chi connectivity index (χ1) is 13.2. The van der Waals surface area contributed by atoms with E-state index in [1.807, 2.05) is 24.3 Å². The van der Waals surface area contributed by atoms with Crippen molar-refractivity contribution in [3.8, 4) is 11.5 Å². The van der Waals surface area contributed by atoms with Crippen LogP contribution in [0.2, 0.25) is 0 Å².